The van der Waals surface area contributed by atoms with Crippen LogP contribution in [0.5, 0.6) is 0 Å². The summed E-state index contributed by atoms with van der Waals surface area (Å²) < 4.78 is 2.54. The molecule has 0 spiro atoms. The zero-order valence-electron chi connectivity index (χ0n) is 11.6. The topological polar surface area (TPSA) is 17.0 Å². The van der Waals surface area contributed by atoms with Crippen molar-refractivity contribution in [2.75, 3.05) is 0 Å². The minimum Gasteiger partial charge on any atom is -0.343 e. The van der Waals surface area contributed by atoms with Gasteiger partial charge in [0, 0.05) is 30.2 Å². The predicted molar refractivity (Wildman–Crippen MR) is 77.0 cm³/mol. The molecular formula is C16H22N2. The second-order valence-electron chi connectivity index (χ2n) is 5.68. The third kappa shape index (κ3) is 1.76. The molecule has 2 heteroatoms. The first-order valence-electron chi connectivity index (χ1n) is 7.01. The number of hydrogen-bond donors (Lipinski definition) is 1. The first-order valence-corrected chi connectivity index (χ1v) is 7.01. The van der Waals surface area contributed by atoms with E-state index >= 15 is 0 Å². The largest absolute Gasteiger partial charge is 0.343 e. The van der Waals surface area contributed by atoms with Crippen LogP contribution in [0.2, 0.25) is 0 Å². The highest BCUT2D eigenvalue weighted by molar-refractivity contribution is 5.88. The third-order valence-corrected chi connectivity index (χ3v) is 4.06. The van der Waals surface area contributed by atoms with E-state index in [4.69, 9.17) is 0 Å². The molecule has 0 atom stereocenters. The number of nitrogens with zero attached hydrogens (tertiary/aromatic N) is 1. The Morgan fingerprint density at radius 2 is 2.17 bits per heavy atom. The smallest absolute Gasteiger partial charge is 0.0518 e. The van der Waals surface area contributed by atoms with Crippen molar-refractivity contribution in [2.45, 2.75) is 52.7 Å². The fourth-order valence-corrected chi connectivity index (χ4v) is 3.11. The summed E-state index contributed by atoms with van der Waals surface area (Å²) in [6, 6.07) is 7.31. The molecule has 1 aromatic heterocycles. The minimum absolute atomic E-state index is 0.540. The van der Waals surface area contributed by atoms with Crippen LogP contribution in [0.25, 0.3) is 10.9 Å². The SMILES string of the molecule is Cc1c(CNC(C)C)n2c3c(cccc13)CCC2. The summed E-state index contributed by atoms with van der Waals surface area (Å²) >= 11 is 0. The molecule has 2 aromatic rings. The zero-order valence-corrected chi connectivity index (χ0v) is 11.6. The summed E-state index contributed by atoms with van der Waals surface area (Å²) in [5.41, 5.74) is 5.95. The van der Waals surface area contributed by atoms with Crippen molar-refractivity contribution in [3.63, 3.8) is 0 Å². The lowest BCUT2D eigenvalue weighted by atomic mass is 10.0. The summed E-state index contributed by atoms with van der Waals surface area (Å²) in [6.07, 6.45) is 2.51. The van der Waals surface area contributed by atoms with Crippen LogP contribution in [-0.2, 0) is 19.5 Å². The Hall–Kier alpha value is -1.28. The van der Waals surface area contributed by atoms with E-state index in [1.807, 2.05) is 0 Å². The Morgan fingerprint density at radius 3 is 2.94 bits per heavy atom. The van der Waals surface area contributed by atoms with Crippen molar-refractivity contribution >= 4 is 10.9 Å². The fraction of sp³-hybridized carbons (Fsp3) is 0.500. The Balaban J connectivity index is 2.14. The molecule has 2 heterocycles. The lowest BCUT2D eigenvalue weighted by molar-refractivity contribution is 0.543. The number of para-hydroxylation sites is 1. The first kappa shape index (κ1) is 11.8. The Kier molecular flexibility index (Phi) is 2.90. The van der Waals surface area contributed by atoms with Crippen molar-refractivity contribution in [2.24, 2.45) is 0 Å². The number of hydrogen-bond acceptors (Lipinski definition) is 1. The van der Waals surface area contributed by atoms with Gasteiger partial charge in [0.25, 0.3) is 0 Å². The lowest BCUT2D eigenvalue weighted by Gasteiger charge is -2.19. The van der Waals surface area contributed by atoms with Crippen molar-refractivity contribution in [3.05, 3.63) is 35.0 Å². The van der Waals surface area contributed by atoms with Crippen LogP contribution in [0.1, 0.15) is 37.1 Å². The summed E-state index contributed by atoms with van der Waals surface area (Å²) in [7, 11) is 0. The van der Waals surface area contributed by atoms with Crippen molar-refractivity contribution in [1.29, 1.82) is 0 Å². The maximum absolute atomic E-state index is 3.56. The normalized spacial score (nSPS) is 14.7. The van der Waals surface area contributed by atoms with E-state index in [9.17, 15) is 0 Å². The van der Waals surface area contributed by atoms with Gasteiger partial charge in [-0.2, -0.15) is 0 Å². The van der Waals surface area contributed by atoms with Crippen LogP contribution in [0, 0.1) is 6.92 Å². The quantitative estimate of drug-likeness (QED) is 0.873. The summed E-state index contributed by atoms with van der Waals surface area (Å²) in [5, 5.41) is 5.01. The monoisotopic (exact) mass is 242 g/mol. The number of rotatable bonds is 3. The van der Waals surface area contributed by atoms with E-state index in [1.165, 1.54) is 47.1 Å². The molecule has 1 aliphatic heterocycles. The molecule has 0 radical (unpaired) electrons. The molecular weight excluding hydrogens is 220 g/mol. The highest BCUT2D eigenvalue weighted by atomic mass is 15.0. The number of benzene rings is 1. The van der Waals surface area contributed by atoms with Gasteiger partial charge in [0.05, 0.1) is 5.52 Å². The van der Waals surface area contributed by atoms with Gasteiger partial charge in [0.15, 0.2) is 0 Å². The molecule has 2 nitrogen and oxygen atoms in total. The van der Waals surface area contributed by atoms with Gasteiger partial charge in [-0.25, -0.2) is 0 Å². The minimum atomic E-state index is 0.540. The van der Waals surface area contributed by atoms with E-state index in [0.717, 1.165) is 6.54 Å². The van der Waals surface area contributed by atoms with Crippen LogP contribution in [-0.4, -0.2) is 10.6 Å². The second-order valence-corrected chi connectivity index (χ2v) is 5.68. The molecule has 1 N–H and O–H groups in total. The van der Waals surface area contributed by atoms with Gasteiger partial charge in [-0.15, -0.1) is 0 Å². The molecule has 18 heavy (non-hydrogen) atoms. The third-order valence-electron chi connectivity index (χ3n) is 4.06. The number of aryl methyl sites for hydroxylation is 3. The van der Waals surface area contributed by atoms with Gasteiger partial charge < -0.3 is 9.88 Å². The van der Waals surface area contributed by atoms with E-state index in [1.54, 1.807) is 0 Å². The van der Waals surface area contributed by atoms with Crippen LogP contribution < -0.4 is 5.32 Å². The Morgan fingerprint density at radius 1 is 1.33 bits per heavy atom. The highest BCUT2D eigenvalue weighted by Crippen LogP contribution is 2.32. The van der Waals surface area contributed by atoms with Crippen LogP contribution >= 0.6 is 0 Å². The zero-order chi connectivity index (χ0) is 12.7. The maximum atomic E-state index is 3.56. The molecule has 0 amide bonds. The molecule has 96 valence electrons. The van der Waals surface area contributed by atoms with Crippen molar-refractivity contribution in [1.82, 2.24) is 9.88 Å². The van der Waals surface area contributed by atoms with Crippen LogP contribution in [0.4, 0.5) is 0 Å². The van der Waals surface area contributed by atoms with Gasteiger partial charge in [0.1, 0.15) is 0 Å². The van der Waals surface area contributed by atoms with Crippen molar-refractivity contribution < 1.29 is 0 Å². The Bertz CT molecular complexity index is 578. The van der Waals surface area contributed by atoms with E-state index < -0.39 is 0 Å². The molecule has 0 aliphatic carbocycles. The van der Waals surface area contributed by atoms with Crippen LogP contribution in [0.3, 0.4) is 0 Å². The maximum Gasteiger partial charge on any atom is 0.0518 e. The molecule has 1 aliphatic rings. The predicted octanol–water partition coefficient (Wildman–Crippen LogP) is 3.39. The van der Waals surface area contributed by atoms with Gasteiger partial charge in [0.2, 0.25) is 0 Å². The van der Waals surface area contributed by atoms with E-state index in [0.29, 0.717) is 6.04 Å². The standard InChI is InChI=1S/C16H22N2/c1-11(2)17-10-15-12(3)14-8-4-6-13-7-5-9-18(15)16(13)14/h4,6,8,11,17H,5,7,9-10H2,1-3H3. The molecule has 0 fully saturated rings. The van der Waals surface area contributed by atoms with Gasteiger partial charge >= 0.3 is 0 Å². The van der Waals surface area contributed by atoms with Gasteiger partial charge in [-0.3, -0.25) is 0 Å². The fourth-order valence-electron chi connectivity index (χ4n) is 3.11. The molecule has 0 bridgehead atoms. The van der Waals surface area contributed by atoms with Gasteiger partial charge in [-0.1, -0.05) is 32.0 Å². The van der Waals surface area contributed by atoms with Crippen molar-refractivity contribution in [3.8, 4) is 0 Å². The molecule has 1 aromatic carbocycles. The molecule has 0 unspecified atom stereocenters. The molecule has 0 saturated heterocycles. The van der Waals surface area contributed by atoms with E-state index in [2.05, 4.69) is 48.9 Å². The Labute approximate surface area is 109 Å². The molecule has 3 rings (SSSR count). The van der Waals surface area contributed by atoms with Gasteiger partial charge in [-0.05, 0) is 30.9 Å². The average molecular weight is 242 g/mol. The first-order chi connectivity index (χ1) is 8.68. The second kappa shape index (κ2) is 4.43. The summed E-state index contributed by atoms with van der Waals surface area (Å²) in [6.45, 7) is 8.85. The summed E-state index contributed by atoms with van der Waals surface area (Å²) in [5.74, 6) is 0. The average Bonchev–Trinajstić information content (AvgIpc) is 2.63. The number of aromatic nitrogens is 1. The lowest BCUT2D eigenvalue weighted by Crippen LogP contribution is -2.24. The van der Waals surface area contributed by atoms with Crippen LogP contribution in [0.15, 0.2) is 18.2 Å². The summed E-state index contributed by atoms with van der Waals surface area (Å²) in [4.78, 5) is 0. The number of nitrogens with one attached hydrogen (secondary N) is 1. The highest BCUT2D eigenvalue weighted by Gasteiger charge is 2.19. The molecule has 0 saturated carbocycles. The van der Waals surface area contributed by atoms with E-state index in [-0.39, 0.29) is 0 Å².